The van der Waals surface area contributed by atoms with Crippen LogP contribution < -0.4 is 19.5 Å². The molecule has 7 nitrogen and oxygen atoms in total. The number of methoxy groups -OCH3 is 3. The molecule has 132 valence electrons. The summed E-state index contributed by atoms with van der Waals surface area (Å²) in [5, 5.41) is 11.8. The Morgan fingerprint density at radius 3 is 2.08 bits per heavy atom. The molecule has 0 saturated heterocycles. The number of hydrogen-bond donors (Lipinski definition) is 2. The van der Waals surface area contributed by atoms with Gasteiger partial charge in [0.05, 0.1) is 33.2 Å². The summed E-state index contributed by atoms with van der Waals surface area (Å²) >= 11 is 0. The standard InChI is InChI=1S/C17H23NO6/c1-22-10-8-14(23-2)13(15(9-10)24-3)6-7-18-16(19)11-4-5-12(11)17(20)21/h8-9,11-12H,4-7H2,1-3H3,(H,18,19)(H,20,21). The topological polar surface area (TPSA) is 94.1 Å². The molecule has 1 amide bonds. The zero-order valence-electron chi connectivity index (χ0n) is 14.1. The molecule has 0 spiro atoms. The van der Waals surface area contributed by atoms with Crippen molar-refractivity contribution in [3.8, 4) is 17.2 Å². The number of benzene rings is 1. The molecule has 2 rings (SSSR count). The van der Waals surface area contributed by atoms with Crippen molar-refractivity contribution in [3.63, 3.8) is 0 Å². The minimum Gasteiger partial charge on any atom is -0.496 e. The molecular formula is C17H23NO6. The first-order valence-corrected chi connectivity index (χ1v) is 7.81. The van der Waals surface area contributed by atoms with E-state index in [4.69, 9.17) is 19.3 Å². The summed E-state index contributed by atoms with van der Waals surface area (Å²) in [4.78, 5) is 23.1. The van der Waals surface area contributed by atoms with E-state index in [-0.39, 0.29) is 5.91 Å². The van der Waals surface area contributed by atoms with Crippen LogP contribution in [0.3, 0.4) is 0 Å². The van der Waals surface area contributed by atoms with Crippen molar-refractivity contribution in [1.29, 1.82) is 0 Å². The Bertz CT molecular complexity index is 590. The summed E-state index contributed by atoms with van der Waals surface area (Å²) in [5.41, 5.74) is 0.824. The summed E-state index contributed by atoms with van der Waals surface area (Å²) in [5.74, 6) is -0.243. The van der Waals surface area contributed by atoms with E-state index in [0.29, 0.717) is 43.1 Å². The van der Waals surface area contributed by atoms with Gasteiger partial charge < -0.3 is 24.6 Å². The van der Waals surface area contributed by atoms with E-state index < -0.39 is 17.8 Å². The Kier molecular flexibility index (Phi) is 5.89. The fraction of sp³-hybridized carbons (Fsp3) is 0.529. The Morgan fingerprint density at radius 1 is 1.08 bits per heavy atom. The van der Waals surface area contributed by atoms with Gasteiger partial charge in [0.25, 0.3) is 0 Å². The predicted molar refractivity (Wildman–Crippen MR) is 86.7 cm³/mol. The van der Waals surface area contributed by atoms with Crippen LogP contribution in [0.4, 0.5) is 0 Å². The number of rotatable bonds is 8. The van der Waals surface area contributed by atoms with Crippen molar-refractivity contribution in [3.05, 3.63) is 17.7 Å². The number of nitrogens with one attached hydrogen (secondary N) is 1. The van der Waals surface area contributed by atoms with Crippen LogP contribution in [-0.4, -0.2) is 44.9 Å². The van der Waals surface area contributed by atoms with Crippen LogP contribution in [0.1, 0.15) is 18.4 Å². The maximum absolute atomic E-state index is 12.1. The third-order valence-corrected chi connectivity index (χ3v) is 4.42. The number of carbonyl (C=O) groups excluding carboxylic acids is 1. The molecule has 24 heavy (non-hydrogen) atoms. The van der Waals surface area contributed by atoms with Gasteiger partial charge in [-0.15, -0.1) is 0 Å². The van der Waals surface area contributed by atoms with Crippen LogP contribution >= 0.6 is 0 Å². The summed E-state index contributed by atoms with van der Waals surface area (Å²) in [6.07, 6.45) is 1.69. The molecule has 2 unspecified atom stereocenters. The summed E-state index contributed by atoms with van der Waals surface area (Å²) in [6, 6.07) is 3.51. The number of aliphatic carboxylic acids is 1. The average Bonchev–Trinajstić information content (AvgIpc) is 2.52. The monoisotopic (exact) mass is 337 g/mol. The van der Waals surface area contributed by atoms with Crippen molar-refractivity contribution >= 4 is 11.9 Å². The number of ether oxygens (including phenoxy) is 3. The van der Waals surface area contributed by atoms with Gasteiger partial charge in [-0.2, -0.15) is 0 Å². The van der Waals surface area contributed by atoms with Crippen molar-refractivity contribution in [2.45, 2.75) is 19.3 Å². The maximum atomic E-state index is 12.1. The molecule has 1 aromatic rings. The lowest BCUT2D eigenvalue weighted by molar-refractivity contribution is -0.152. The van der Waals surface area contributed by atoms with E-state index in [9.17, 15) is 9.59 Å². The van der Waals surface area contributed by atoms with Gasteiger partial charge in [-0.1, -0.05) is 0 Å². The van der Waals surface area contributed by atoms with E-state index in [2.05, 4.69) is 5.32 Å². The molecule has 0 aliphatic heterocycles. The van der Waals surface area contributed by atoms with Gasteiger partial charge in [-0.3, -0.25) is 9.59 Å². The lowest BCUT2D eigenvalue weighted by Crippen LogP contribution is -2.44. The second-order valence-corrected chi connectivity index (χ2v) is 5.68. The van der Waals surface area contributed by atoms with Crippen molar-refractivity contribution in [2.75, 3.05) is 27.9 Å². The number of carboxylic acids is 1. The van der Waals surface area contributed by atoms with Crippen LogP contribution in [0.2, 0.25) is 0 Å². The number of carbonyl (C=O) groups is 2. The fourth-order valence-electron chi connectivity index (χ4n) is 2.88. The van der Waals surface area contributed by atoms with Gasteiger partial charge in [-0.25, -0.2) is 0 Å². The largest absolute Gasteiger partial charge is 0.496 e. The number of hydrogen-bond acceptors (Lipinski definition) is 5. The van der Waals surface area contributed by atoms with Gasteiger partial charge in [0.1, 0.15) is 17.2 Å². The quantitative estimate of drug-likeness (QED) is 0.746. The number of carboxylic acid groups (broad SMARTS) is 1. The molecule has 1 saturated carbocycles. The summed E-state index contributed by atoms with van der Waals surface area (Å²) < 4.78 is 15.9. The predicted octanol–water partition coefficient (Wildman–Crippen LogP) is 1.48. The normalized spacial score (nSPS) is 19.1. The molecule has 0 bridgehead atoms. The van der Waals surface area contributed by atoms with E-state index in [1.165, 1.54) is 0 Å². The SMILES string of the molecule is COc1cc(OC)c(CCNC(=O)C2CCC2C(=O)O)c(OC)c1. The Morgan fingerprint density at radius 2 is 1.67 bits per heavy atom. The Balaban J connectivity index is 1.99. The Hall–Kier alpha value is -2.44. The van der Waals surface area contributed by atoms with E-state index in [1.807, 2.05) is 0 Å². The molecule has 7 heteroatoms. The zero-order chi connectivity index (χ0) is 17.7. The lowest BCUT2D eigenvalue weighted by Gasteiger charge is -2.31. The van der Waals surface area contributed by atoms with Gasteiger partial charge in [-0.05, 0) is 19.3 Å². The van der Waals surface area contributed by atoms with E-state index >= 15 is 0 Å². The van der Waals surface area contributed by atoms with Crippen LogP contribution in [0.15, 0.2) is 12.1 Å². The second-order valence-electron chi connectivity index (χ2n) is 5.68. The van der Waals surface area contributed by atoms with E-state index in [1.54, 1.807) is 33.5 Å². The molecule has 0 aromatic heterocycles. The molecule has 2 N–H and O–H groups in total. The van der Waals surface area contributed by atoms with Gasteiger partial charge in [0.15, 0.2) is 0 Å². The van der Waals surface area contributed by atoms with Crippen LogP contribution in [0.25, 0.3) is 0 Å². The third kappa shape index (κ3) is 3.72. The molecule has 0 radical (unpaired) electrons. The van der Waals surface area contributed by atoms with Crippen LogP contribution in [0, 0.1) is 11.8 Å². The molecule has 1 aliphatic carbocycles. The summed E-state index contributed by atoms with van der Waals surface area (Å²) in [6.45, 7) is 0.376. The van der Waals surface area contributed by atoms with E-state index in [0.717, 1.165) is 5.56 Å². The highest BCUT2D eigenvalue weighted by Gasteiger charge is 2.41. The molecule has 0 heterocycles. The highest BCUT2D eigenvalue weighted by atomic mass is 16.5. The molecule has 1 aromatic carbocycles. The van der Waals surface area contributed by atoms with Gasteiger partial charge in [0.2, 0.25) is 5.91 Å². The highest BCUT2D eigenvalue weighted by Crippen LogP contribution is 2.35. The molecule has 2 atom stereocenters. The van der Waals surface area contributed by atoms with Gasteiger partial charge >= 0.3 is 5.97 Å². The zero-order valence-corrected chi connectivity index (χ0v) is 14.1. The van der Waals surface area contributed by atoms with Crippen molar-refractivity contribution in [2.24, 2.45) is 11.8 Å². The fourth-order valence-corrected chi connectivity index (χ4v) is 2.88. The smallest absolute Gasteiger partial charge is 0.307 e. The first kappa shape index (κ1) is 17.9. The van der Waals surface area contributed by atoms with Crippen LogP contribution in [-0.2, 0) is 16.0 Å². The highest BCUT2D eigenvalue weighted by molar-refractivity contribution is 5.86. The Labute approximate surface area is 140 Å². The molecule has 1 aliphatic rings. The maximum Gasteiger partial charge on any atom is 0.307 e. The summed E-state index contributed by atoms with van der Waals surface area (Å²) in [7, 11) is 4.68. The first-order chi connectivity index (χ1) is 11.5. The average molecular weight is 337 g/mol. The minimum absolute atomic E-state index is 0.208. The number of amides is 1. The minimum atomic E-state index is -0.903. The van der Waals surface area contributed by atoms with Crippen molar-refractivity contribution < 1.29 is 28.9 Å². The molecular weight excluding hydrogens is 314 g/mol. The van der Waals surface area contributed by atoms with Crippen molar-refractivity contribution in [1.82, 2.24) is 5.32 Å². The molecule has 1 fully saturated rings. The van der Waals surface area contributed by atoms with Crippen LogP contribution in [0.5, 0.6) is 17.2 Å². The second kappa shape index (κ2) is 7.90. The first-order valence-electron chi connectivity index (χ1n) is 7.81. The van der Waals surface area contributed by atoms with Gasteiger partial charge in [0, 0.05) is 24.2 Å². The third-order valence-electron chi connectivity index (χ3n) is 4.42. The lowest BCUT2D eigenvalue weighted by atomic mass is 9.73.